The monoisotopic (exact) mass is 464 g/mol. The lowest BCUT2D eigenvalue weighted by Gasteiger charge is -2.37. The van der Waals surface area contributed by atoms with Gasteiger partial charge in [-0.25, -0.2) is 4.39 Å². The molecule has 0 aliphatic heterocycles. The molecule has 3 rings (SSSR count). The Bertz CT molecular complexity index is 1280. The highest BCUT2D eigenvalue weighted by molar-refractivity contribution is 6.31. The Kier molecular flexibility index (Phi) is 6.18. The molecule has 1 aromatic heterocycles. The van der Waals surface area contributed by atoms with Crippen LogP contribution in [-0.2, 0) is 12.6 Å². The number of rotatable bonds is 4. The number of alkyl halides is 3. The van der Waals surface area contributed by atoms with Crippen molar-refractivity contribution in [1.82, 2.24) is 4.57 Å². The first-order valence-electron chi connectivity index (χ1n) is 9.36. The average molecular weight is 465 g/mol. The van der Waals surface area contributed by atoms with Gasteiger partial charge in [0.25, 0.3) is 0 Å². The third-order valence-electron chi connectivity index (χ3n) is 5.46. The zero-order valence-corrected chi connectivity index (χ0v) is 17.7. The van der Waals surface area contributed by atoms with E-state index in [1.54, 1.807) is 0 Å². The molecule has 9 heteroatoms. The summed E-state index contributed by atoms with van der Waals surface area (Å²) >= 11 is 6.31. The molecule has 1 N–H and O–H groups in total. The fourth-order valence-corrected chi connectivity index (χ4v) is 3.95. The molecule has 32 heavy (non-hydrogen) atoms. The van der Waals surface area contributed by atoms with Gasteiger partial charge in [0.15, 0.2) is 5.60 Å². The third-order valence-corrected chi connectivity index (χ3v) is 5.79. The van der Waals surface area contributed by atoms with E-state index in [9.17, 15) is 32.7 Å². The molecule has 0 saturated heterocycles. The summed E-state index contributed by atoms with van der Waals surface area (Å²) in [5.74, 6) is -2.15. The van der Waals surface area contributed by atoms with Gasteiger partial charge in [-0.3, -0.25) is 4.79 Å². The summed E-state index contributed by atoms with van der Waals surface area (Å²) in [5.41, 5.74) is -3.56. The molecule has 1 heterocycles. The van der Waals surface area contributed by atoms with Crippen LogP contribution in [0, 0.1) is 17.1 Å². The average Bonchev–Trinajstić information content (AvgIpc) is 2.73. The second-order valence-electron chi connectivity index (χ2n) is 7.39. The van der Waals surface area contributed by atoms with E-state index in [1.165, 1.54) is 38.2 Å². The van der Waals surface area contributed by atoms with E-state index in [1.807, 2.05) is 6.07 Å². The summed E-state index contributed by atoms with van der Waals surface area (Å²) in [4.78, 5) is 11.6. The predicted molar refractivity (Wildman–Crippen MR) is 112 cm³/mol. The maximum absolute atomic E-state index is 14.1. The SMILES string of the molecule is CC(c1ccc(-c2ccc(F)cc2C#N)cc1Cl)C(O)(c1ccc(=O)n(C)c1)C(F)(F)F. The van der Waals surface area contributed by atoms with Crippen molar-refractivity contribution in [3.05, 3.63) is 92.6 Å². The van der Waals surface area contributed by atoms with Crippen molar-refractivity contribution in [3.63, 3.8) is 0 Å². The summed E-state index contributed by atoms with van der Waals surface area (Å²) in [6.45, 7) is 1.18. The lowest BCUT2D eigenvalue weighted by atomic mass is 9.78. The van der Waals surface area contributed by atoms with Crippen LogP contribution in [0.1, 0.15) is 29.5 Å². The van der Waals surface area contributed by atoms with E-state index >= 15 is 0 Å². The van der Waals surface area contributed by atoms with Gasteiger partial charge in [-0.1, -0.05) is 36.7 Å². The molecular weight excluding hydrogens is 448 g/mol. The zero-order chi connectivity index (χ0) is 23.8. The molecule has 0 aliphatic rings. The highest BCUT2D eigenvalue weighted by Crippen LogP contribution is 2.49. The van der Waals surface area contributed by atoms with Crippen molar-refractivity contribution >= 4 is 11.6 Å². The van der Waals surface area contributed by atoms with Crippen LogP contribution in [0.3, 0.4) is 0 Å². The fraction of sp³-hybridized carbons (Fsp3) is 0.217. The fourth-order valence-electron chi connectivity index (χ4n) is 3.61. The molecule has 0 spiro atoms. The van der Waals surface area contributed by atoms with Crippen LogP contribution >= 0.6 is 11.6 Å². The summed E-state index contributed by atoms with van der Waals surface area (Å²) < 4.78 is 56.7. The van der Waals surface area contributed by atoms with Crippen LogP contribution in [0.25, 0.3) is 11.1 Å². The van der Waals surface area contributed by atoms with Crippen LogP contribution in [-0.4, -0.2) is 15.8 Å². The number of hydrogen-bond donors (Lipinski definition) is 1. The highest BCUT2D eigenvalue weighted by atomic mass is 35.5. The normalized spacial score (nSPS) is 14.5. The molecule has 166 valence electrons. The first-order chi connectivity index (χ1) is 14.9. The number of nitrogens with zero attached hydrogens (tertiary/aromatic N) is 2. The van der Waals surface area contributed by atoms with Crippen LogP contribution in [0.5, 0.6) is 0 Å². The molecule has 2 aromatic carbocycles. The first kappa shape index (κ1) is 23.5. The van der Waals surface area contributed by atoms with Crippen molar-refractivity contribution in [1.29, 1.82) is 5.26 Å². The first-order valence-corrected chi connectivity index (χ1v) is 9.73. The maximum Gasteiger partial charge on any atom is 0.422 e. The second kappa shape index (κ2) is 8.41. The smallest absolute Gasteiger partial charge is 0.376 e. The van der Waals surface area contributed by atoms with Gasteiger partial charge in [0.1, 0.15) is 5.82 Å². The van der Waals surface area contributed by atoms with Gasteiger partial charge in [-0.15, -0.1) is 0 Å². The van der Waals surface area contributed by atoms with E-state index in [4.69, 9.17) is 11.6 Å². The molecular formula is C23H17ClF4N2O2. The van der Waals surface area contributed by atoms with E-state index in [-0.39, 0.29) is 16.1 Å². The Morgan fingerprint density at radius 3 is 2.38 bits per heavy atom. The Balaban J connectivity index is 2.13. The predicted octanol–water partition coefficient (Wildman–Crippen LogP) is 5.27. The molecule has 0 saturated carbocycles. The summed E-state index contributed by atoms with van der Waals surface area (Å²) in [6, 6.07) is 11.5. The molecule has 4 nitrogen and oxygen atoms in total. The van der Waals surface area contributed by atoms with E-state index < -0.39 is 34.6 Å². The van der Waals surface area contributed by atoms with Crippen LogP contribution in [0.2, 0.25) is 5.02 Å². The molecule has 0 amide bonds. The molecule has 0 bridgehead atoms. The number of nitriles is 1. The molecule has 2 unspecified atom stereocenters. The minimum absolute atomic E-state index is 0.00436. The molecule has 0 aliphatic carbocycles. The van der Waals surface area contributed by atoms with Crippen molar-refractivity contribution in [2.45, 2.75) is 24.6 Å². The van der Waals surface area contributed by atoms with Gasteiger partial charge in [0.2, 0.25) is 5.56 Å². The lowest BCUT2D eigenvalue weighted by molar-refractivity contribution is -0.274. The topological polar surface area (TPSA) is 66.0 Å². The largest absolute Gasteiger partial charge is 0.422 e. The number of hydrogen-bond acceptors (Lipinski definition) is 3. The Hall–Kier alpha value is -3.15. The van der Waals surface area contributed by atoms with Gasteiger partial charge >= 0.3 is 6.18 Å². The van der Waals surface area contributed by atoms with Gasteiger partial charge in [0.05, 0.1) is 11.6 Å². The van der Waals surface area contributed by atoms with E-state index in [0.29, 0.717) is 11.1 Å². The summed E-state index contributed by atoms with van der Waals surface area (Å²) in [7, 11) is 1.28. The quantitative estimate of drug-likeness (QED) is 0.535. The molecule has 3 aromatic rings. The zero-order valence-electron chi connectivity index (χ0n) is 16.9. The number of benzene rings is 2. The van der Waals surface area contributed by atoms with Gasteiger partial charge in [-0.05, 0) is 41.0 Å². The number of aryl methyl sites for hydroxylation is 1. The van der Waals surface area contributed by atoms with Crippen molar-refractivity contribution in [3.8, 4) is 17.2 Å². The number of aromatic nitrogens is 1. The second-order valence-corrected chi connectivity index (χ2v) is 7.80. The molecule has 2 atom stereocenters. The van der Waals surface area contributed by atoms with E-state index in [0.717, 1.165) is 35.0 Å². The van der Waals surface area contributed by atoms with Gasteiger partial charge in [0, 0.05) is 35.8 Å². The highest BCUT2D eigenvalue weighted by Gasteiger charge is 2.59. The van der Waals surface area contributed by atoms with Crippen molar-refractivity contribution in [2.75, 3.05) is 0 Å². The van der Waals surface area contributed by atoms with Crippen molar-refractivity contribution in [2.24, 2.45) is 7.05 Å². The Morgan fingerprint density at radius 2 is 1.81 bits per heavy atom. The van der Waals surface area contributed by atoms with Crippen LogP contribution in [0.4, 0.5) is 17.6 Å². The van der Waals surface area contributed by atoms with Crippen molar-refractivity contribution < 1.29 is 22.7 Å². The number of aliphatic hydroxyl groups is 1. The van der Waals surface area contributed by atoms with Crippen LogP contribution in [0.15, 0.2) is 59.5 Å². The third kappa shape index (κ3) is 4.01. The summed E-state index contributed by atoms with van der Waals surface area (Å²) in [6.07, 6.45) is -4.15. The number of halogens is 5. The lowest BCUT2D eigenvalue weighted by Crippen LogP contribution is -2.47. The van der Waals surface area contributed by atoms with Gasteiger partial charge < -0.3 is 9.67 Å². The Labute approximate surface area is 185 Å². The van der Waals surface area contributed by atoms with Crippen LogP contribution < -0.4 is 5.56 Å². The minimum atomic E-state index is -5.09. The minimum Gasteiger partial charge on any atom is -0.376 e. The molecule has 0 fully saturated rings. The Morgan fingerprint density at radius 1 is 1.12 bits per heavy atom. The standard InChI is InChI=1S/C23H17ClF4N2O2/c1-13(22(32,23(26,27)28)16-4-8-21(31)30(2)12-16)18-6-3-14(10-20(18)24)19-7-5-17(25)9-15(19)11-29/h3-10,12-13,32H,1-2H3. The van der Waals surface area contributed by atoms with E-state index in [2.05, 4.69) is 0 Å². The maximum atomic E-state index is 14.1. The molecule has 0 radical (unpaired) electrons. The number of pyridine rings is 1. The van der Waals surface area contributed by atoms with Gasteiger partial charge in [-0.2, -0.15) is 18.4 Å². The summed E-state index contributed by atoms with van der Waals surface area (Å²) in [5, 5.41) is 20.1.